The van der Waals surface area contributed by atoms with Gasteiger partial charge in [0.05, 0.1) is 22.9 Å². The summed E-state index contributed by atoms with van der Waals surface area (Å²) in [6, 6.07) is 7.90. The fourth-order valence-electron chi connectivity index (χ4n) is 1.33. The van der Waals surface area contributed by atoms with Crippen LogP contribution in [0.3, 0.4) is 0 Å². The molecule has 0 bridgehead atoms. The van der Waals surface area contributed by atoms with Crippen LogP contribution in [-0.4, -0.2) is 36.6 Å². The number of rotatable bonds is 5. The van der Waals surface area contributed by atoms with Crippen LogP contribution in [0.5, 0.6) is 0 Å². The molecule has 1 rings (SSSR count). The molecular weight excluding hydrogens is 228 g/mol. The lowest BCUT2D eigenvalue weighted by molar-refractivity contribution is 0.0313. The van der Waals surface area contributed by atoms with Gasteiger partial charge in [-0.05, 0) is 18.6 Å². The summed E-state index contributed by atoms with van der Waals surface area (Å²) in [6.45, 7) is 1.68. The van der Waals surface area contributed by atoms with E-state index in [0.717, 1.165) is 0 Å². The second-order valence-corrected chi connectivity index (χ2v) is 5.67. The largest absolute Gasteiger partial charge is 0.390 e. The van der Waals surface area contributed by atoms with E-state index in [1.165, 1.54) is 12.1 Å². The first-order valence-electron chi connectivity index (χ1n) is 5.11. The lowest BCUT2D eigenvalue weighted by Crippen LogP contribution is -2.32. The lowest BCUT2D eigenvalue weighted by Gasteiger charge is -2.15. The molecule has 0 amide bonds. The first kappa shape index (κ1) is 13.2. The Bertz CT molecular complexity index is 413. The molecule has 16 heavy (non-hydrogen) atoms. The lowest BCUT2D eigenvalue weighted by atomic mass is 10.2. The second-order valence-electron chi connectivity index (χ2n) is 3.64. The van der Waals surface area contributed by atoms with E-state index in [1.54, 1.807) is 25.1 Å². The summed E-state index contributed by atoms with van der Waals surface area (Å²) < 4.78 is 23.6. The van der Waals surface area contributed by atoms with Gasteiger partial charge in [-0.15, -0.1) is 0 Å². The minimum atomic E-state index is -3.52. The van der Waals surface area contributed by atoms with Crippen LogP contribution >= 0.6 is 0 Å². The van der Waals surface area contributed by atoms with Gasteiger partial charge < -0.3 is 10.2 Å². The minimum Gasteiger partial charge on any atom is -0.390 e. The number of aliphatic hydroxyl groups excluding tert-OH is 2. The molecule has 0 spiro atoms. The van der Waals surface area contributed by atoms with Crippen LogP contribution in [0, 0.1) is 0 Å². The van der Waals surface area contributed by atoms with Crippen molar-refractivity contribution in [2.75, 3.05) is 5.75 Å². The number of hydrogen-bond donors (Lipinski definition) is 2. The van der Waals surface area contributed by atoms with Crippen LogP contribution < -0.4 is 0 Å². The van der Waals surface area contributed by atoms with Crippen molar-refractivity contribution in [3.8, 4) is 0 Å². The number of sulfone groups is 1. The van der Waals surface area contributed by atoms with Crippen molar-refractivity contribution in [3.05, 3.63) is 30.3 Å². The van der Waals surface area contributed by atoms with Crippen molar-refractivity contribution in [3.63, 3.8) is 0 Å². The van der Waals surface area contributed by atoms with Gasteiger partial charge in [-0.25, -0.2) is 8.42 Å². The van der Waals surface area contributed by atoms with Gasteiger partial charge >= 0.3 is 0 Å². The van der Waals surface area contributed by atoms with E-state index in [4.69, 9.17) is 0 Å². The molecule has 5 heteroatoms. The van der Waals surface area contributed by atoms with Crippen LogP contribution in [0.15, 0.2) is 35.2 Å². The molecular formula is C11H16O4S. The SMILES string of the molecule is CC[C@H](O)[C@H](O)CS(=O)(=O)c1ccccc1. The fraction of sp³-hybridized carbons (Fsp3) is 0.455. The van der Waals surface area contributed by atoms with Crippen LogP contribution in [0.2, 0.25) is 0 Å². The Morgan fingerprint density at radius 1 is 1.12 bits per heavy atom. The molecule has 0 radical (unpaired) electrons. The fourth-order valence-corrected chi connectivity index (χ4v) is 2.77. The molecule has 0 aromatic heterocycles. The van der Waals surface area contributed by atoms with Crippen LogP contribution in [0.25, 0.3) is 0 Å². The topological polar surface area (TPSA) is 74.6 Å². The van der Waals surface area contributed by atoms with Crippen molar-refractivity contribution in [2.24, 2.45) is 0 Å². The first-order valence-corrected chi connectivity index (χ1v) is 6.76. The maximum absolute atomic E-state index is 11.8. The van der Waals surface area contributed by atoms with Gasteiger partial charge in [0.1, 0.15) is 0 Å². The third kappa shape index (κ3) is 3.30. The summed E-state index contributed by atoms with van der Waals surface area (Å²) >= 11 is 0. The molecule has 2 N–H and O–H groups in total. The van der Waals surface area contributed by atoms with Crippen molar-refractivity contribution in [1.29, 1.82) is 0 Å². The Hall–Kier alpha value is -0.910. The van der Waals surface area contributed by atoms with E-state index in [1.807, 2.05) is 0 Å². The summed E-state index contributed by atoms with van der Waals surface area (Å²) in [4.78, 5) is 0.164. The van der Waals surface area contributed by atoms with E-state index in [0.29, 0.717) is 6.42 Å². The number of hydrogen-bond acceptors (Lipinski definition) is 4. The molecule has 4 nitrogen and oxygen atoms in total. The van der Waals surface area contributed by atoms with E-state index < -0.39 is 27.8 Å². The molecule has 0 aliphatic heterocycles. The van der Waals surface area contributed by atoms with E-state index in [-0.39, 0.29) is 4.90 Å². The zero-order valence-corrected chi connectivity index (χ0v) is 9.89. The molecule has 0 fully saturated rings. The highest BCUT2D eigenvalue weighted by molar-refractivity contribution is 7.91. The summed E-state index contributed by atoms with van der Waals surface area (Å²) in [5, 5.41) is 18.8. The summed E-state index contributed by atoms with van der Waals surface area (Å²) in [5.41, 5.74) is 0. The molecule has 0 aliphatic rings. The first-order chi connectivity index (χ1) is 7.47. The van der Waals surface area contributed by atoms with Crippen molar-refractivity contribution in [1.82, 2.24) is 0 Å². The van der Waals surface area contributed by atoms with Gasteiger partial charge in [0.25, 0.3) is 0 Å². The van der Waals surface area contributed by atoms with E-state index >= 15 is 0 Å². The van der Waals surface area contributed by atoms with E-state index in [2.05, 4.69) is 0 Å². The molecule has 1 aromatic carbocycles. The van der Waals surface area contributed by atoms with Gasteiger partial charge in [-0.3, -0.25) is 0 Å². The van der Waals surface area contributed by atoms with Gasteiger partial charge in [0, 0.05) is 0 Å². The Balaban J connectivity index is 2.81. The van der Waals surface area contributed by atoms with Gasteiger partial charge in [-0.2, -0.15) is 0 Å². The number of aliphatic hydroxyl groups is 2. The molecule has 1 aromatic rings. The molecule has 0 aliphatic carbocycles. The highest BCUT2D eigenvalue weighted by atomic mass is 32.2. The third-order valence-corrected chi connectivity index (χ3v) is 4.13. The normalized spacial score (nSPS) is 15.7. The Morgan fingerprint density at radius 2 is 1.69 bits per heavy atom. The Morgan fingerprint density at radius 3 is 2.19 bits per heavy atom. The summed E-state index contributed by atoms with van der Waals surface area (Å²) in [6.07, 6.45) is -1.92. The highest BCUT2D eigenvalue weighted by Gasteiger charge is 2.23. The quantitative estimate of drug-likeness (QED) is 0.795. The Kier molecular flexibility index (Phi) is 4.46. The van der Waals surface area contributed by atoms with Gasteiger partial charge in [0.2, 0.25) is 0 Å². The summed E-state index contributed by atoms with van der Waals surface area (Å²) in [7, 11) is -3.52. The van der Waals surface area contributed by atoms with Crippen LogP contribution in [0.1, 0.15) is 13.3 Å². The molecule has 0 heterocycles. The van der Waals surface area contributed by atoms with E-state index in [9.17, 15) is 18.6 Å². The predicted octanol–water partition coefficient (Wildman–Crippen LogP) is 0.592. The summed E-state index contributed by atoms with van der Waals surface area (Å²) in [5.74, 6) is -0.452. The highest BCUT2D eigenvalue weighted by Crippen LogP contribution is 2.13. The number of benzene rings is 1. The molecule has 90 valence electrons. The molecule has 0 saturated carbocycles. The zero-order chi connectivity index (χ0) is 12.2. The zero-order valence-electron chi connectivity index (χ0n) is 9.07. The standard InChI is InChI=1S/C11H16O4S/c1-2-10(12)11(13)8-16(14,15)9-6-4-3-5-7-9/h3-7,10-13H,2,8H2,1H3/t10-,11+/m0/s1. The van der Waals surface area contributed by atoms with Crippen LogP contribution in [0.4, 0.5) is 0 Å². The monoisotopic (exact) mass is 244 g/mol. The average Bonchev–Trinajstić information content (AvgIpc) is 2.28. The predicted molar refractivity (Wildman–Crippen MR) is 60.8 cm³/mol. The van der Waals surface area contributed by atoms with Crippen molar-refractivity contribution < 1.29 is 18.6 Å². The maximum atomic E-state index is 11.8. The Labute approximate surface area is 95.5 Å². The minimum absolute atomic E-state index is 0.164. The molecule has 2 atom stereocenters. The second kappa shape index (κ2) is 5.43. The van der Waals surface area contributed by atoms with Crippen molar-refractivity contribution in [2.45, 2.75) is 30.4 Å². The van der Waals surface area contributed by atoms with Crippen LogP contribution in [-0.2, 0) is 9.84 Å². The van der Waals surface area contributed by atoms with Gasteiger partial charge in [0.15, 0.2) is 9.84 Å². The maximum Gasteiger partial charge on any atom is 0.181 e. The third-order valence-electron chi connectivity index (χ3n) is 2.35. The van der Waals surface area contributed by atoms with Crippen molar-refractivity contribution >= 4 is 9.84 Å². The molecule has 0 saturated heterocycles. The average molecular weight is 244 g/mol. The molecule has 0 unspecified atom stereocenters. The smallest absolute Gasteiger partial charge is 0.181 e. The van der Waals surface area contributed by atoms with Gasteiger partial charge in [-0.1, -0.05) is 25.1 Å².